The van der Waals surface area contributed by atoms with E-state index in [9.17, 15) is 4.79 Å². The topological polar surface area (TPSA) is 93.4 Å². The van der Waals surface area contributed by atoms with Gasteiger partial charge in [-0.25, -0.2) is 4.99 Å². The van der Waals surface area contributed by atoms with Crippen LogP contribution in [-0.4, -0.2) is 45.4 Å². The van der Waals surface area contributed by atoms with E-state index in [0.29, 0.717) is 25.2 Å². The molecule has 2 fully saturated rings. The first kappa shape index (κ1) is 21.6. The first-order valence-electron chi connectivity index (χ1n) is 11.2. The number of aromatic nitrogens is 3. The molecular formula is C21H36N6O2. The minimum atomic E-state index is -0.0437. The van der Waals surface area contributed by atoms with Gasteiger partial charge >= 0.3 is 5.97 Å². The van der Waals surface area contributed by atoms with E-state index in [1.165, 1.54) is 32.1 Å². The van der Waals surface area contributed by atoms with Gasteiger partial charge in [-0.15, -0.1) is 10.2 Å². The van der Waals surface area contributed by atoms with Crippen LogP contribution in [0.3, 0.4) is 0 Å². The van der Waals surface area contributed by atoms with Gasteiger partial charge in [0.05, 0.1) is 12.5 Å². The number of carbonyl (C=O) groups is 1. The molecule has 3 rings (SSSR count). The van der Waals surface area contributed by atoms with E-state index in [2.05, 4.69) is 20.8 Å². The van der Waals surface area contributed by atoms with Crippen LogP contribution in [0.15, 0.2) is 4.99 Å². The van der Waals surface area contributed by atoms with E-state index >= 15 is 0 Å². The van der Waals surface area contributed by atoms with Crippen molar-refractivity contribution < 1.29 is 9.53 Å². The normalized spacial score (nSPS) is 23.6. The Kier molecular flexibility index (Phi) is 7.89. The maximum Gasteiger partial charge on any atom is 0.308 e. The predicted octanol–water partition coefficient (Wildman–Crippen LogP) is 2.61. The van der Waals surface area contributed by atoms with Crippen LogP contribution in [0, 0.1) is 12.8 Å². The van der Waals surface area contributed by atoms with Crippen LogP contribution >= 0.6 is 0 Å². The Labute approximate surface area is 173 Å². The van der Waals surface area contributed by atoms with Gasteiger partial charge in [0, 0.05) is 19.1 Å². The van der Waals surface area contributed by atoms with Gasteiger partial charge in [-0.1, -0.05) is 19.3 Å². The summed E-state index contributed by atoms with van der Waals surface area (Å²) in [5, 5.41) is 15.6. The summed E-state index contributed by atoms with van der Waals surface area (Å²) in [7, 11) is 1.97. The molecule has 0 saturated heterocycles. The molecule has 0 bridgehead atoms. The molecule has 2 aliphatic carbocycles. The average Bonchev–Trinajstić information content (AvgIpc) is 3.05. The third-order valence-electron chi connectivity index (χ3n) is 6.20. The average molecular weight is 405 g/mol. The van der Waals surface area contributed by atoms with E-state index in [4.69, 9.17) is 9.73 Å². The SMILES string of the molecule is CCOC(=O)C1CCC(NC(=NCc2nnc(C)n2C)NC2CCCCC2)CC1. The maximum atomic E-state index is 12.0. The third-order valence-corrected chi connectivity index (χ3v) is 6.20. The third kappa shape index (κ3) is 6.18. The molecule has 0 aliphatic heterocycles. The van der Waals surface area contributed by atoms with Crippen molar-refractivity contribution in [2.24, 2.45) is 18.0 Å². The molecule has 0 spiro atoms. The summed E-state index contributed by atoms with van der Waals surface area (Å²) in [5.41, 5.74) is 0. The number of carbonyl (C=O) groups excluding carboxylic acids is 1. The lowest BCUT2D eigenvalue weighted by atomic mass is 9.86. The summed E-state index contributed by atoms with van der Waals surface area (Å²) in [5.74, 6) is 2.61. The smallest absolute Gasteiger partial charge is 0.308 e. The largest absolute Gasteiger partial charge is 0.466 e. The molecule has 8 heteroatoms. The monoisotopic (exact) mass is 404 g/mol. The van der Waals surface area contributed by atoms with Crippen molar-refractivity contribution in [3.05, 3.63) is 11.6 Å². The van der Waals surface area contributed by atoms with Crippen molar-refractivity contribution in [2.45, 2.75) is 90.3 Å². The van der Waals surface area contributed by atoms with Crippen LogP contribution in [0.2, 0.25) is 0 Å². The second-order valence-corrected chi connectivity index (χ2v) is 8.31. The Bertz CT molecular complexity index is 687. The van der Waals surface area contributed by atoms with Crippen molar-refractivity contribution in [3.63, 3.8) is 0 Å². The van der Waals surface area contributed by atoms with Crippen LogP contribution in [0.1, 0.15) is 76.4 Å². The maximum absolute atomic E-state index is 12.0. The minimum Gasteiger partial charge on any atom is -0.466 e. The number of nitrogens with zero attached hydrogens (tertiary/aromatic N) is 4. The van der Waals surface area contributed by atoms with Crippen LogP contribution in [0.25, 0.3) is 0 Å². The molecule has 0 aromatic carbocycles. The number of rotatable bonds is 6. The fourth-order valence-electron chi connectivity index (χ4n) is 4.24. The Morgan fingerprint density at radius 1 is 1.07 bits per heavy atom. The van der Waals surface area contributed by atoms with E-state index in [1.54, 1.807) is 0 Å². The predicted molar refractivity (Wildman–Crippen MR) is 112 cm³/mol. The molecule has 1 heterocycles. The highest BCUT2D eigenvalue weighted by molar-refractivity contribution is 5.80. The van der Waals surface area contributed by atoms with Gasteiger partial charge in [-0.2, -0.15) is 0 Å². The summed E-state index contributed by atoms with van der Waals surface area (Å²) < 4.78 is 7.17. The van der Waals surface area contributed by atoms with E-state index in [0.717, 1.165) is 43.3 Å². The number of nitrogens with one attached hydrogen (secondary N) is 2. The Balaban J connectivity index is 1.59. The Morgan fingerprint density at radius 3 is 2.31 bits per heavy atom. The second kappa shape index (κ2) is 10.6. The number of guanidine groups is 1. The number of esters is 1. The lowest BCUT2D eigenvalue weighted by Gasteiger charge is -2.31. The lowest BCUT2D eigenvalue weighted by molar-refractivity contribution is -0.149. The lowest BCUT2D eigenvalue weighted by Crippen LogP contribution is -2.49. The van der Waals surface area contributed by atoms with Gasteiger partial charge in [-0.05, 0) is 52.4 Å². The summed E-state index contributed by atoms with van der Waals surface area (Å²) in [4.78, 5) is 16.8. The van der Waals surface area contributed by atoms with E-state index < -0.39 is 0 Å². The molecule has 1 aromatic heterocycles. The number of hydrogen-bond donors (Lipinski definition) is 2. The molecule has 2 N–H and O–H groups in total. The van der Waals surface area contributed by atoms with Crippen molar-refractivity contribution in [1.82, 2.24) is 25.4 Å². The first-order valence-corrected chi connectivity index (χ1v) is 11.2. The molecule has 1 aromatic rings. The quantitative estimate of drug-likeness (QED) is 0.430. The van der Waals surface area contributed by atoms with Gasteiger partial charge < -0.3 is 19.9 Å². The number of aliphatic imine (C=N–C) groups is 1. The molecule has 0 amide bonds. The first-order chi connectivity index (χ1) is 14.1. The highest BCUT2D eigenvalue weighted by Crippen LogP contribution is 2.25. The van der Waals surface area contributed by atoms with Gasteiger partial charge in [0.2, 0.25) is 0 Å². The molecule has 0 atom stereocenters. The van der Waals surface area contributed by atoms with E-state index in [1.807, 2.05) is 25.5 Å². The summed E-state index contributed by atoms with van der Waals surface area (Å²) in [6.45, 7) is 4.77. The van der Waals surface area contributed by atoms with Crippen LogP contribution in [-0.2, 0) is 23.1 Å². The molecule has 29 heavy (non-hydrogen) atoms. The standard InChI is InChI=1S/C21H36N6O2/c1-4-29-20(28)16-10-12-18(13-11-16)24-21(23-17-8-6-5-7-9-17)22-14-19-26-25-15(2)27(19)3/h16-18H,4-14H2,1-3H3,(H2,22,23,24). The zero-order chi connectivity index (χ0) is 20.6. The fourth-order valence-corrected chi connectivity index (χ4v) is 4.24. The van der Waals surface area contributed by atoms with Crippen molar-refractivity contribution in [1.29, 1.82) is 0 Å². The highest BCUT2D eigenvalue weighted by Gasteiger charge is 2.28. The summed E-state index contributed by atoms with van der Waals surface area (Å²) in [6, 6.07) is 0.809. The zero-order valence-electron chi connectivity index (χ0n) is 18.1. The van der Waals surface area contributed by atoms with Gasteiger partial charge in [0.15, 0.2) is 11.8 Å². The zero-order valence-corrected chi connectivity index (χ0v) is 18.1. The van der Waals surface area contributed by atoms with Gasteiger partial charge in [-0.3, -0.25) is 4.79 Å². The molecule has 2 saturated carbocycles. The minimum absolute atomic E-state index is 0.0429. The van der Waals surface area contributed by atoms with Crippen LogP contribution in [0.5, 0.6) is 0 Å². The molecule has 162 valence electrons. The van der Waals surface area contributed by atoms with Crippen LogP contribution < -0.4 is 10.6 Å². The fraction of sp³-hybridized carbons (Fsp3) is 0.810. The second-order valence-electron chi connectivity index (χ2n) is 8.31. The summed E-state index contributed by atoms with van der Waals surface area (Å²) >= 11 is 0. The van der Waals surface area contributed by atoms with Crippen molar-refractivity contribution in [3.8, 4) is 0 Å². The number of ether oxygens (including phenoxy) is 1. The van der Waals surface area contributed by atoms with Gasteiger partial charge in [0.25, 0.3) is 0 Å². The molecular weight excluding hydrogens is 368 g/mol. The Hall–Kier alpha value is -2.12. The molecule has 8 nitrogen and oxygen atoms in total. The van der Waals surface area contributed by atoms with E-state index in [-0.39, 0.29) is 11.9 Å². The molecule has 0 unspecified atom stereocenters. The highest BCUT2D eigenvalue weighted by atomic mass is 16.5. The van der Waals surface area contributed by atoms with Crippen molar-refractivity contribution in [2.75, 3.05) is 6.61 Å². The molecule has 2 aliphatic rings. The van der Waals surface area contributed by atoms with Crippen molar-refractivity contribution >= 4 is 11.9 Å². The molecule has 0 radical (unpaired) electrons. The van der Waals surface area contributed by atoms with Gasteiger partial charge in [0.1, 0.15) is 12.4 Å². The number of aryl methyl sites for hydroxylation is 1. The van der Waals surface area contributed by atoms with Crippen LogP contribution in [0.4, 0.5) is 0 Å². The number of hydrogen-bond acceptors (Lipinski definition) is 5. The summed E-state index contributed by atoms with van der Waals surface area (Å²) in [6.07, 6.45) is 9.92. The Morgan fingerprint density at radius 2 is 1.72 bits per heavy atom.